The molecule has 1 aromatic carbocycles. The fourth-order valence-electron chi connectivity index (χ4n) is 5.89. The van der Waals surface area contributed by atoms with Gasteiger partial charge in [0.05, 0.1) is 19.3 Å². The van der Waals surface area contributed by atoms with Crippen LogP contribution in [-0.2, 0) is 16.6 Å². The molecule has 2 saturated heterocycles. The molecule has 3 fully saturated rings. The molecule has 1 saturated carbocycles. The number of aromatic hydroxyl groups is 1. The maximum absolute atomic E-state index is 10.0. The minimum atomic E-state index is 0.344. The zero-order chi connectivity index (χ0) is 14.7. The average molecular weight is 299 g/mol. The molecule has 22 heavy (non-hydrogen) atoms. The first-order valence-corrected chi connectivity index (χ1v) is 8.94. The molecule has 4 aliphatic rings. The number of likely N-dealkylation sites (tertiary alicyclic amines) is 1. The molecule has 2 heterocycles. The molecule has 2 bridgehead atoms. The third-order valence-corrected chi connectivity index (χ3v) is 6.95. The molecule has 0 amide bonds. The number of ether oxygens (including phenoxy) is 1. The van der Waals surface area contributed by atoms with Crippen molar-refractivity contribution in [3.63, 3.8) is 0 Å². The topological polar surface area (TPSA) is 32.7 Å². The van der Waals surface area contributed by atoms with E-state index in [1.54, 1.807) is 0 Å². The summed E-state index contributed by atoms with van der Waals surface area (Å²) in [5.41, 5.74) is 3.32. The van der Waals surface area contributed by atoms with Gasteiger partial charge in [-0.05, 0) is 61.4 Å². The molecular weight excluding hydrogens is 274 g/mol. The van der Waals surface area contributed by atoms with Crippen molar-refractivity contribution in [3.8, 4) is 5.75 Å². The number of hydrogen-bond acceptors (Lipinski definition) is 3. The number of rotatable bonds is 1. The number of phenolic OH excluding ortho intramolecular Hbond substituents is 1. The lowest BCUT2D eigenvalue weighted by molar-refractivity contribution is -0.120. The summed E-state index contributed by atoms with van der Waals surface area (Å²) in [6.07, 6.45) is 7.85. The molecule has 0 spiro atoms. The van der Waals surface area contributed by atoms with Crippen LogP contribution in [0.25, 0.3) is 0 Å². The summed E-state index contributed by atoms with van der Waals surface area (Å²) in [5.74, 6) is 1.23. The zero-order valence-electron chi connectivity index (χ0n) is 13.1. The van der Waals surface area contributed by atoms with E-state index in [0.29, 0.717) is 23.2 Å². The van der Waals surface area contributed by atoms with Gasteiger partial charge in [-0.15, -0.1) is 0 Å². The predicted octanol–water partition coefficient (Wildman–Crippen LogP) is 2.85. The minimum absolute atomic E-state index is 0.344. The molecule has 5 rings (SSSR count). The zero-order valence-corrected chi connectivity index (χ0v) is 13.1. The fourth-order valence-corrected chi connectivity index (χ4v) is 5.89. The molecule has 0 unspecified atom stereocenters. The van der Waals surface area contributed by atoms with Gasteiger partial charge in [0.25, 0.3) is 0 Å². The lowest BCUT2D eigenvalue weighted by atomic mass is 9.52. The van der Waals surface area contributed by atoms with E-state index in [1.807, 2.05) is 6.07 Å². The number of hydrogen-bond donors (Lipinski definition) is 1. The van der Waals surface area contributed by atoms with E-state index in [1.165, 1.54) is 56.2 Å². The van der Waals surface area contributed by atoms with Crippen LogP contribution in [0.2, 0.25) is 0 Å². The summed E-state index contributed by atoms with van der Waals surface area (Å²) in [4.78, 5) is 2.77. The van der Waals surface area contributed by atoms with Gasteiger partial charge in [-0.25, -0.2) is 0 Å². The highest BCUT2D eigenvalue weighted by molar-refractivity contribution is 5.45. The van der Waals surface area contributed by atoms with Crippen LogP contribution < -0.4 is 0 Å². The lowest BCUT2D eigenvalue weighted by Crippen LogP contribution is -2.66. The second-order valence-electron chi connectivity index (χ2n) is 7.80. The summed E-state index contributed by atoms with van der Waals surface area (Å²) >= 11 is 0. The molecule has 1 N–H and O–H groups in total. The first-order valence-electron chi connectivity index (χ1n) is 8.94. The van der Waals surface area contributed by atoms with E-state index < -0.39 is 0 Å². The lowest BCUT2D eigenvalue weighted by Gasteiger charge is -2.61. The Morgan fingerprint density at radius 2 is 2.09 bits per heavy atom. The van der Waals surface area contributed by atoms with Crippen molar-refractivity contribution in [2.75, 3.05) is 19.8 Å². The SMILES string of the molecule is Oc1ccc2c(c1)[C@@]13CCCC[C@H]1[C@@H](C2)N(C1COC1)CC3. The third-order valence-electron chi connectivity index (χ3n) is 6.95. The van der Waals surface area contributed by atoms with E-state index in [2.05, 4.69) is 17.0 Å². The number of piperidine rings is 1. The summed E-state index contributed by atoms with van der Waals surface area (Å²) in [6.45, 7) is 3.07. The van der Waals surface area contributed by atoms with Crippen molar-refractivity contribution in [2.45, 2.75) is 56.0 Å². The Kier molecular flexibility index (Phi) is 2.87. The van der Waals surface area contributed by atoms with Crippen LogP contribution in [0, 0.1) is 5.92 Å². The fraction of sp³-hybridized carbons (Fsp3) is 0.684. The highest BCUT2D eigenvalue weighted by atomic mass is 16.5. The Bertz CT molecular complexity index is 597. The molecular formula is C19H25NO2. The number of nitrogens with zero attached hydrogens (tertiary/aromatic N) is 1. The number of fused-ring (bicyclic) bond motifs is 1. The number of phenols is 1. The van der Waals surface area contributed by atoms with Gasteiger partial charge in [0, 0.05) is 11.5 Å². The summed E-state index contributed by atoms with van der Waals surface area (Å²) in [5, 5.41) is 10.0. The Morgan fingerprint density at radius 3 is 2.91 bits per heavy atom. The Morgan fingerprint density at radius 1 is 1.18 bits per heavy atom. The van der Waals surface area contributed by atoms with E-state index >= 15 is 0 Å². The Balaban J connectivity index is 1.61. The molecule has 3 heteroatoms. The molecule has 1 aromatic rings. The molecule has 0 aromatic heterocycles. The second-order valence-corrected chi connectivity index (χ2v) is 7.80. The highest BCUT2D eigenvalue weighted by Crippen LogP contribution is 2.56. The van der Waals surface area contributed by atoms with Crippen LogP contribution in [0.1, 0.15) is 43.2 Å². The van der Waals surface area contributed by atoms with E-state index in [-0.39, 0.29) is 0 Å². The van der Waals surface area contributed by atoms with Crippen LogP contribution in [-0.4, -0.2) is 41.8 Å². The molecule has 3 nitrogen and oxygen atoms in total. The maximum Gasteiger partial charge on any atom is 0.115 e. The normalized spacial score (nSPS) is 38.0. The van der Waals surface area contributed by atoms with Crippen LogP contribution in [0.3, 0.4) is 0 Å². The monoisotopic (exact) mass is 299 g/mol. The van der Waals surface area contributed by atoms with E-state index in [0.717, 1.165) is 19.1 Å². The first-order chi connectivity index (χ1) is 10.8. The first kappa shape index (κ1) is 13.4. The maximum atomic E-state index is 10.0. The largest absolute Gasteiger partial charge is 0.508 e. The van der Waals surface area contributed by atoms with Crippen molar-refractivity contribution in [1.82, 2.24) is 4.90 Å². The minimum Gasteiger partial charge on any atom is -0.508 e. The van der Waals surface area contributed by atoms with Crippen LogP contribution >= 0.6 is 0 Å². The van der Waals surface area contributed by atoms with Gasteiger partial charge in [0.1, 0.15) is 5.75 Å². The van der Waals surface area contributed by atoms with Crippen molar-refractivity contribution >= 4 is 0 Å². The van der Waals surface area contributed by atoms with Crippen LogP contribution in [0.15, 0.2) is 18.2 Å². The van der Waals surface area contributed by atoms with Gasteiger partial charge in [-0.3, -0.25) is 4.90 Å². The summed E-state index contributed by atoms with van der Waals surface area (Å²) in [7, 11) is 0. The van der Waals surface area contributed by atoms with Crippen molar-refractivity contribution in [3.05, 3.63) is 29.3 Å². The van der Waals surface area contributed by atoms with Crippen LogP contribution in [0.5, 0.6) is 5.75 Å². The Hall–Kier alpha value is -1.06. The Labute approximate surface area is 132 Å². The predicted molar refractivity (Wildman–Crippen MR) is 85.2 cm³/mol. The second kappa shape index (κ2) is 4.72. The molecule has 3 atom stereocenters. The van der Waals surface area contributed by atoms with Crippen molar-refractivity contribution in [2.24, 2.45) is 5.92 Å². The smallest absolute Gasteiger partial charge is 0.115 e. The summed E-state index contributed by atoms with van der Waals surface area (Å²) in [6, 6.07) is 7.51. The third kappa shape index (κ3) is 1.70. The van der Waals surface area contributed by atoms with Gasteiger partial charge in [0.15, 0.2) is 0 Å². The van der Waals surface area contributed by atoms with Crippen LogP contribution in [0.4, 0.5) is 0 Å². The van der Waals surface area contributed by atoms with Gasteiger partial charge in [0.2, 0.25) is 0 Å². The van der Waals surface area contributed by atoms with Gasteiger partial charge >= 0.3 is 0 Å². The average Bonchev–Trinajstić information content (AvgIpc) is 2.49. The van der Waals surface area contributed by atoms with E-state index in [9.17, 15) is 5.11 Å². The molecule has 0 radical (unpaired) electrons. The standard InChI is InChI=1S/C19H25NO2/c21-15-5-4-13-9-18-16-3-1-2-6-19(16,17(13)10-15)7-8-20(18)14-11-22-12-14/h4-5,10,14,16,18,21H,1-3,6-9,11-12H2/t16-,18+,19+/m0/s1. The number of benzene rings is 1. The van der Waals surface area contributed by atoms with Crippen molar-refractivity contribution in [1.29, 1.82) is 0 Å². The highest BCUT2D eigenvalue weighted by Gasteiger charge is 2.55. The summed E-state index contributed by atoms with van der Waals surface area (Å²) < 4.78 is 5.47. The van der Waals surface area contributed by atoms with Gasteiger partial charge in [-0.2, -0.15) is 0 Å². The van der Waals surface area contributed by atoms with Crippen molar-refractivity contribution < 1.29 is 9.84 Å². The quantitative estimate of drug-likeness (QED) is 0.865. The van der Waals surface area contributed by atoms with Gasteiger partial charge < -0.3 is 9.84 Å². The molecule has 2 aliphatic carbocycles. The molecule has 2 aliphatic heterocycles. The molecule has 118 valence electrons. The van der Waals surface area contributed by atoms with E-state index in [4.69, 9.17) is 4.74 Å². The van der Waals surface area contributed by atoms with Gasteiger partial charge in [-0.1, -0.05) is 18.9 Å².